The molecule has 3 nitrogen and oxygen atoms in total. The predicted molar refractivity (Wildman–Crippen MR) is 225 cm³/mol. The van der Waals surface area contributed by atoms with Gasteiger partial charge in [0, 0.05) is 22.1 Å². The smallest absolute Gasteiger partial charge is 0.164 e. The first kappa shape index (κ1) is 32.9. The van der Waals surface area contributed by atoms with E-state index in [9.17, 15) is 0 Å². The lowest BCUT2D eigenvalue weighted by Gasteiger charge is -2.22. The van der Waals surface area contributed by atoms with Crippen LogP contribution in [-0.2, 0) is 5.41 Å². The van der Waals surface area contributed by atoms with E-state index in [0.717, 1.165) is 27.5 Å². The summed E-state index contributed by atoms with van der Waals surface area (Å²) in [7, 11) is -1.35. The summed E-state index contributed by atoms with van der Waals surface area (Å²) < 4.78 is 0. The molecule has 8 aromatic rings. The Kier molecular flexibility index (Phi) is 7.83. The summed E-state index contributed by atoms with van der Waals surface area (Å²) in [6.07, 6.45) is 0. The van der Waals surface area contributed by atoms with Crippen molar-refractivity contribution in [2.45, 2.75) is 38.9 Å². The molecule has 1 aliphatic rings. The number of hydrogen-bond acceptors (Lipinski definition) is 3. The Labute approximate surface area is 313 Å². The highest BCUT2D eigenvalue weighted by molar-refractivity contribution is 6.88. The zero-order valence-corrected chi connectivity index (χ0v) is 31.9. The van der Waals surface area contributed by atoms with Crippen LogP contribution in [0.4, 0.5) is 0 Å². The minimum absolute atomic E-state index is 0.214. The summed E-state index contributed by atoms with van der Waals surface area (Å²) in [5.41, 5.74) is 12.9. The fourth-order valence-corrected chi connectivity index (χ4v) is 9.03. The van der Waals surface area contributed by atoms with Gasteiger partial charge in [0.1, 0.15) is 0 Å². The van der Waals surface area contributed by atoms with E-state index in [1.54, 1.807) is 0 Å². The summed E-state index contributed by atoms with van der Waals surface area (Å²) in [6.45, 7) is 11.9. The first-order valence-electron chi connectivity index (χ1n) is 18.4. The molecular formula is C49H41N3Si. The Morgan fingerprint density at radius 3 is 1.62 bits per heavy atom. The quantitative estimate of drug-likeness (QED) is 0.162. The van der Waals surface area contributed by atoms with Crippen molar-refractivity contribution in [3.8, 4) is 67.5 Å². The predicted octanol–water partition coefficient (Wildman–Crippen LogP) is 12.2. The average Bonchev–Trinajstić information content (AvgIpc) is 3.42. The van der Waals surface area contributed by atoms with E-state index in [2.05, 4.69) is 173 Å². The van der Waals surface area contributed by atoms with Crippen LogP contribution in [-0.4, -0.2) is 23.0 Å². The van der Waals surface area contributed by atoms with Crippen LogP contribution in [0.25, 0.3) is 78.3 Å². The molecule has 0 aliphatic heterocycles. The van der Waals surface area contributed by atoms with E-state index in [1.807, 2.05) is 18.2 Å². The maximum Gasteiger partial charge on any atom is 0.164 e. The maximum absolute atomic E-state index is 5.16. The van der Waals surface area contributed by atoms with Gasteiger partial charge in [0.2, 0.25) is 0 Å². The van der Waals surface area contributed by atoms with Crippen molar-refractivity contribution in [3.63, 3.8) is 0 Å². The summed E-state index contributed by atoms with van der Waals surface area (Å²) in [4.78, 5) is 15.3. The Balaban J connectivity index is 1.10. The van der Waals surface area contributed by atoms with Gasteiger partial charge in [-0.2, -0.15) is 0 Å². The molecule has 0 bridgehead atoms. The van der Waals surface area contributed by atoms with E-state index in [-0.39, 0.29) is 5.41 Å². The van der Waals surface area contributed by atoms with Crippen LogP contribution in [0.5, 0.6) is 0 Å². The number of fused-ring (bicyclic) bond motifs is 4. The van der Waals surface area contributed by atoms with E-state index < -0.39 is 8.07 Å². The molecule has 256 valence electrons. The Bertz CT molecular complexity index is 2670. The Morgan fingerprint density at radius 2 is 0.906 bits per heavy atom. The molecule has 0 atom stereocenters. The molecule has 4 heteroatoms. The van der Waals surface area contributed by atoms with Crippen molar-refractivity contribution < 1.29 is 0 Å². The van der Waals surface area contributed by atoms with Gasteiger partial charge >= 0.3 is 0 Å². The van der Waals surface area contributed by atoms with Crippen LogP contribution < -0.4 is 5.19 Å². The molecule has 53 heavy (non-hydrogen) atoms. The molecule has 0 N–H and O–H groups in total. The monoisotopic (exact) mass is 699 g/mol. The first-order chi connectivity index (χ1) is 25.6. The Hall–Kier alpha value is -5.97. The third-order valence-corrected chi connectivity index (χ3v) is 13.0. The number of nitrogens with zero attached hydrogens (tertiary/aromatic N) is 3. The molecule has 0 radical (unpaired) electrons. The van der Waals surface area contributed by atoms with Gasteiger partial charge in [-0.3, -0.25) is 0 Å². The van der Waals surface area contributed by atoms with Crippen molar-refractivity contribution in [3.05, 3.63) is 169 Å². The van der Waals surface area contributed by atoms with Crippen LogP contribution in [0.2, 0.25) is 19.6 Å². The Morgan fingerprint density at radius 1 is 0.396 bits per heavy atom. The SMILES string of the molecule is CC1(C)c2cc(-c3cccc(-c4ccc([Si](C)(C)C)cc4)c3)ccc2-c2ccc(-c3nc(-c4ccccc4)nc(-c4cccc5ccccc45)n3)cc21. The van der Waals surface area contributed by atoms with E-state index >= 15 is 0 Å². The molecule has 1 aliphatic carbocycles. The van der Waals surface area contributed by atoms with E-state index in [0.29, 0.717) is 17.5 Å². The normalized spacial score (nSPS) is 13.2. The van der Waals surface area contributed by atoms with Crippen LogP contribution in [0.15, 0.2) is 158 Å². The lowest BCUT2D eigenvalue weighted by atomic mass is 9.81. The van der Waals surface area contributed by atoms with Crippen molar-refractivity contribution in [2.24, 2.45) is 0 Å². The van der Waals surface area contributed by atoms with Crippen molar-refractivity contribution in [1.29, 1.82) is 0 Å². The largest absolute Gasteiger partial charge is 0.208 e. The molecular weight excluding hydrogens is 659 g/mol. The van der Waals surface area contributed by atoms with Gasteiger partial charge in [0.15, 0.2) is 17.5 Å². The van der Waals surface area contributed by atoms with Crippen molar-refractivity contribution >= 4 is 24.0 Å². The number of rotatable bonds is 6. The summed E-state index contributed by atoms with van der Waals surface area (Å²) in [5.74, 6) is 2.01. The van der Waals surface area contributed by atoms with Gasteiger partial charge in [-0.25, -0.2) is 15.0 Å². The molecule has 0 saturated heterocycles. The molecule has 7 aromatic carbocycles. The number of benzene rings is 7. The molecule has 0 unspecified atom stereocenters. The van der Waals surface area contributed by atoms with Crippen LogP contribution >= 0.6 is 0 Å². The van der Waals surface area contributed by atoms with Gasteiger partial charge < -0.3 is 0 Å². The molecule has 1 aromatic heterocycles. The first-order valence-corrected chi connectivity index (χ1v) is 21.9. The molecule has 1 heterocycles. The van der Waals surface area contributed by atoms with Gasteiger partial charge in [0.05, 0.1) is 8.07 Å². The standard InChI is InChI=1S/C49H41N3Si/c1-49(2)44-30-37(36-18-11-17-35(29-36)32-21-25-39(26-22-32)53(3,4)5)23-27-41(44)42-28-24-38(31-45(42)49)47-50-46(34-14-7-6-8-15-34)51-48(52-47)43-20-12-16-33-13-9-10-19-40(33)43/h6-31H,1-5H3. The van der Waals surface area contributed by atoms with Crippen LogP contribution in [0, 0.1) is 0 Å². The molecule has 0 amide bonds. The molecule has 0 saturated carbocycles. The average molecular weight is 700 g/mol. The maximum atomic E-state index is 5.16. The third kappa shape index (κ3) is 5.89. The summed E-state index contributed by atoms with van der Waals surface area (Å²) in [6, 6.07) is 56.8. The minimum atomic E-state index is -1.35. The third-order valence-electron chi connectivity index (χ3n) is 10.9. The highest BCUT2D eigenvalue weighted by Gasteiger charge is 2.36. The number of aromatic nitrogens is 3. The van der Waals surface area contributed by atoms with Gasteiger partial charge in [-0.1, -0.05) is 178 Å². The lowest BCUT2D eigenvalue weighted by molar-refractivity contribution is 0.661. The van der Waals surface area contributed by atoms with E-state index in [4.69, 9.17) is 15.0 Å². The van der Waals surface area contributed by atoms with Crippen molar-refractivity contribution in [2.75, 3.05) is 0 Å². The van der Waals surface area contributed by atoms with Gasteiger partial charge in [-0.05, 0) is 73.5 Å². The zero-order chi connectivity index (χ0) is 36.3. The van der Waals surface area contributed by atoms with Crippen LogP contribution in [0.1, 0.15) is 25.0 Å². The topological polar surface area (TPSA) is 38.7 Å². The second-order valence-electron chi connectivity index (χ2n) is 15.8. The van der Waals surface area contributed by atoms with Gasteiger partial charge in [0.25, 0.3) is 0 Å². The van der Waals surface area contributed by atoms with E-state index in [1.165, 1.54) is 49.7 Å². The lowest BCUT2D eigenvalue weighted by Crippen LogP contribution is -2.37. The number of hydrogen-bond donors (Lipinski definition) is 0. The summed E-state index contributed by atoms with van der Waals surface area (Å²) in [5, 5.41) is 3.77. The highest BCUT2D eigenvalue weighted by atomic mass is 28.3. The minimum Gasteiger partial charge on any atom is -0.208 e. The zero-order valence-electron chi connectivity index (χ0n) is 30.9. The second-order valence-corrected chi connectivity index (χ2v) is 20.8. The van der Waals surface area contributed by atoms with Gasteiger partial charge in [-0.15, -0.1) is 0 Å². The molecule has 0 spiro atoms. The van der Waals surface area contributed by atoms with Crippen LogP contribution in [0.3, 0.4) is 0 Å². The second kappa shape index (κ2) is 12.6. The molecule has 0 fully saturated rings. The highest BCUT2D eigenvalue weighted by Crippen LogP contribution is 2.50. The van der Waals surface area contributed by atoms with Crippen molar-refractivity contribution in [1.82, 2.24) is 15.0 Å². The summed E-state index contributed by atoms with van der Waals surface area (Å²) >= 11 is 0. The fourth-order valence-electron chi connectivity index (χ4n) is 7.86. The molecule has 9 rings (SSSR count). The fraction of sp³-hybridized carbons (Fsp3) is 0.122.